The van der Waals surface area contributed by atoms with Gasteiger partial charge in [0.05, 0.1) is 6.04 Å². The summed E-state index contributed by atoms with van der Waals surface area (Å²) >= 11 is 5.40. The Balaban J connectivity index is 1.75. The maximum absolute atomic E-state index is 13.3. The first-order valence-corrected chi connectivity index (χ1v) is 9.03. The third-order valence-corrected chi connectivity index (χ3v) is 5.03. The first kappa shape index (κ1) is 16.9. The Morgan fingerprint density at radius 1 is 0.923 bits per heavy atom. The average molecular weight is 368 g/mol. The van der Waals surface area contributed by atoms with Crippen molar-refractivity contribution in [3.8, 4) is 0 Å². The lowest BCUT2D eigenvalue weighted by atomic mass is 9.83. The Bertz CT molecular complexity index is 899. The molecule has 5 heteroatoms. The number of thiocarbonyl (C=S) groups is 1. The van der Waals surface area contributed by atoms with Crippen molar-refractivity contribution < 1.29 is 8.78 Å². The van der Waals surface area contributed by atoms with Gasteiger partial charge < -0.3 is 10.6 Å². The van der Waals surface area contributed by atoms with Crippen LogP contribution in [-0.4, -0.2) is 5.11 Å². The third kappa shape index (κ3) is 3.40. The van der Waals surface area contributed by atoms with Crippen LogP contribution in [0.1, 0.15) is 36.4 Å². The maximum Gasteiger partial charge on any atom is 0.171 e. The van der Waals surface area contributed by atoms with Crippen molar-refractivity contribution in [1.29, 1.82) is 0 Å². The van der Waals surface area contributed by atoms with E-state index >= 15 is 0 Å². The first-order chi connectivity index (χ1) is 12.6. The van der Waals surface area contributed by atoms with Crippen LogP contribution in [-0.2, 0) is 0 Å². The van der Waals surface area contributed by atoms with Gasteiger partial charge in [0.15, 0.2) is 5.11 Å². The van der Waals surface area contributed by atoms with Crippen LogP contribution in [0.25, 0.3) is 6.08 Å². The summed E-state index contributed by atoms with van der Waals surface area (Å²) in [4.78, 5) is 0. The van der Waals surface area contributed by atoms with Gasteiger partial charge in [0.2, 0.25) is 0 Å². The van der Waals surface area contributed by atoms with E-state index in [-0.39, 0.29) is 17.7 Å². The third-order valence-electron chi connectivity index (χ3n) is 4.81. The van der Waals surface area contributed by atoms with E-state index in [1.807, 2.05) is 0 Å². The molecule has 1 atom stereocenters. The van der Waals surface area contributed by atoms with E-state index in [0.29, 0.717) is 5.11 Å². The van der Waals surface area contributed by atoms with E-state index in [1.165, 1.54) is 29.8 Å². The molecule has 26 heavy (non-hydrogen) atoms. The minimum atomic E-state index is -0.250. The molecule has 1 aliphatic heterocycles. The summed E-state index contributed by atoms with van der Waals surface area (Å²) in [5, 5.41) is 7.16. The van der Waals surface area contributed by atoms with Gasteiger partial charge in [-0.25, -0.2) is 8.78 Å². The Morgan fingerprint density at radius 3 is 2.27 bits per heavy atom. The van der Waals surface area contributed by atoms with Crippen molar-refractivity contribution in [2.45, 2.75) is 25.3 Å². The maximum atomic E-state index is 13.3. The lowest BCUT2D eigenvalue weighted by Gasteiger charge is -2.36. The van der Waals surface area contributed by atoms with E-state index in [1.54, 1.807) is 24.3 Å². The molecule has 132 valence electrons. The van der Waals surface area contributed by atoms with Crippen LogP contribution in [0.4, 0.5) is 8.78 Å². The summed E-state index contributed by atoms with van der Waals surface area (Å²) < 4.78 is 26.4. The monoisotopic (exact) mass is 368 g/mol. The van der Waals surface area contributed by atoms with Crippen LogP contribution >= 0.6 is 12.2 Å². The quantitative estimate of drug-likeness (QED) is 0.729. The van der Waals surface area contributed by atoms with Crippen LogP contribution in [0, 0.1) is 11.6 Å². The van der Waals surface area contributed by atoms with Crippen LogP contribution in [0.5, 0.6) is 0 Å². The number of halogens is 2. The summed E-state index contributed by atoms with van der Waals surface area (Å²) in [5.41, 5.74) is 5.38. The highest BCUT2D eigenvalue weighted by Crippen LogP contribution is 2.38. The van der Waals surface area contributed by atoms with Crippen molar-refractivity contribution in [3.05, 3.63) is 88.1 Å². The summed E-state index contributed by atoms with van der Waals surface area (Å²) in [6.45, 7) is 0. The van der Waals surface area contributed by atoms with E-state index in [9.17, 15) is 8.78 Å². The van der Waals surface area contributed by atoms with Crippen molar-refractivity contribution in [1.82, 2.24) is 10.6 Å². The smallest absolute Gasteiger partial charge is 0.171 e. The van der Waals surface area contributed by atoms with Crippen LogP contribution in [0.2, 0.25) is 0 Å². The molecule has 0 amide bonds. The molecule has 2 aromatic rings. The van der Waals surface area contributed by atoms with Crippen molar-refractivity contribution >= 4 is 23.4 Å². The Kier molecular flexibility index (Phi) is 4.55. The summed E-state index contributed by atoms with van der Waals surface area (Å²) in [6.07, 6.45) is 4.99. The van der Waals surface area contributed by atoms with E-state index in [2.05, 4.69) is 16.7 Å². The first-order valence-electron chi connectivity index (χ1n) is 8.63. The highest BCUT2D eigenvalue weighted by atomic mass is 32.1. The SMILES string of the molecule is Fc1ccc(/C=C2\CCCC3=C2NC(=S)N[C@@H]3c2ccc(F)cc2)cc1. The van der Waals surface area contributed by atoms with Gasteiger partial charge >= 0.3 is 0 Å². The lowest BCUT2D eigenvalue weighted by Crippen LogP contribution is -2.45. The molecule has 2 N–H and O–H groups in total. The molecule has 0 saturated carbocycles. The van der Waals surface area contributed by atoms with Gasteiger partial charge in [-0.05, 0) is 84.1 Å². The topological polar surface area (TPSA) is 24.1 Å². The molecular formula is C21H18F2N2S. The van der Waals surface area contributed by atoms with Crippen LogP contribution in [0.15, 0.2) is 65.4 Å². The second-order valence-electron chi connectivity index (χ2n) is 6.56. The van der Waals surface area contributed by atoms with Gasteiger partial charge in [-0.2, -0.15) is 0 Å². The zero-order valence-corrected chi connectivity index (χ0v) is 14.9. The molecule has 0 spiro atoms. The number of nitrogens with one attached hydrogen (secondary N) is 2. The fraction of sp³-hybridized carbons (Fsp3) is 0.190. The predicted molar refractivity (Wildman–Crippen MR) is 103 cm³/mol. The number of rotatable bonds is 2. The highest BCUT2D eigenvalue weighted by Gasteiger charge is 2.30. The molecule has 4 rings (SSSR count). The molecule has 0 fully saturated rings. The van der Waals surface area contributed by atoms with Gasteiger partial charge in [0, 0.05) is 5.70 Å². The highest BCUT2D eigenvalue weighted by molar-refractivity contribution is 7.80. The number of allylic oxidation sites excluding steroid dienone is 1. The van der Waals surface area contributed by atoms with Crippen LogP contribution in [0.3, 0.4) is 0 Å². The van der Waals surface area contributed by atoms with E-state index < -0.39 is 0 Å². The summed E-state index contributed by atoms with van der Waals surface area (Å²) in [6, 6.07) is 12.9. The standard InChI is InChI=1S/C21H18F2N2S/c22-16-8-4-13(5-9-16)12-15-2-1-3-18-19(24-21(26)25-20(15)18)14-6-10-17(23)11-7-14/h4-12,19H,1-3H2,(H2,24,25,26)/b15-12+/t19-/m1/s1. The molecule has 0 aromatic heterocycles. The minimum Gasteiger partial charge on any atom is -0.352 e. The van der Waals surface area contributed by atoms with Crippen molar-refractivity contribution in [3.63, 3.8) is 0 Å². The number of hydrogen-bond acceptors (Lipinski definition) is 1. The van der Waals surface area contributed by atoms with Crippen molar-refractivity contribution in [2.75, 3.05) is 0 Å². The van der Waals surface area contributed by atoms with Gasteiger partial charge in [-0.3, -0.25) is 0 Å². The molecule has 1 heterocycles. The van der Waals surface area contributed by atoms with Gasteiger partial charge in [0.25, 0.3) is 0 Å². The molecule has 2 aliphatic rings. The number of hydrogen-bond donors (Lipinski definition) is 2. The second-order valence-corrected chi connectivity index (χ2v) is 6.97. The lowest BCUT2D eigenvalue weighted by molar-refractivity contribution is 0.602. The van der Waals surface area contributed by atoms with Crippen molar-refractivity contribution in [2.24, 2.45) is 0 Å². The van der Waals surface area contributed by atoms with Crippen LogP contribution < -0.4 is 10.6 Å². The summed E-state index contributed by atoms with van der Waals surface area (Å²) in [5.74, 6) is -0.492. The Hall–Kier alpha value is -2.53. The molecular weight excluding hydrogens is 350 g/mol. The largest absolute Gasteiger partial charge is 0.352 e. The zero-order chi connectivity index (χ0) is 18.1. The zero-order valence-electron chi connectivity index (χ0n) is 14.1. The minimum absolute atomic E-state index is 0.0590. The molecule has 0 bridgehead atoms. The number of benzene rings is 2. The average Bonchev–Trinajstić information content (AvgIpc) is 2.64. The van der Waals surface area contributed by atoms with Gasteiger partial charge in [0.1, 0.15) is 11.6 Å². The Labute approximate surface area is 156 Å². The van der Waals surface area contributed by atoms with Gasteiger partial charge in [-0.15, -0.1) is 0 Å². The second kappa shape index (κ2) is 7.00. The fourth-order valence-electron chi connectivity index (χ4n) is 3.59. The van der Waals surface area contributed by atoms with E-state index in [4.69, 9.17) is 12.2 Å². The molecule has 2 nitrogen and oxygen atoms in total. The molecule has 0 saturated heterocycles. The molecule has 2 aromatic carbocycles. The normalized spacial score (nSPS) is 21.2. The fourth-order valence-corrected chi connectivity index (χ4v) is 3.81. The van der Waals surface area contributed by atoms with E-state index in [0.717, 1.165) is 41.7 Å². The van der Waals surface area contributed by atoms with Gasteiger partial charge in [-0.1, -0.05) is 24.3 Å². The molecule has 0 radical (unpaired) electrons. The molecule has 1 aliphatic carbocycles. The molecule has 0 unspecified atom stereocenters. The summed E-state index contributed by atoms with van der Waals surface area (Å²) in [7, 11) is 0. The Morgan fingerprint density at radius 2 is 1.58 bits per heavy atom. The predicted octanol–water partition coefficient (Wildman–Crippen LogP) is 5.01.